The van der Waals surface area contributed by atoms with Gasteiger partial charge in [-0.05, 0) is 24.3 Å². The van der Waals surface area contributed by atoms with E-state index in [1.807, 2.05) is 24.3 Å². The van der Waals surface area contributed by atoms with Crippen molar-refractivity contribution in [1.82, 2.24) is 15.6 Å². The number of methoxy groups -OCH3 is 2. The van der Waals surface area contributed by atoms with Crippen molar-refractivity contribution in [2.75, 3.05) is 39.2 Å². The van der Waals surface area contributed by atoms with E-state index in [0.29, 0.717) is 24.0 Å². The van der Waals surface area contributed by atoms with E-state index < -0.39 is 0 Å². The molecule has 0 aliphatic heterocycles. The third-order valence-corrected chi connectivity index (χ3v) is 4.10. The molecule has 2 aromatic rings. The fraction of sp³-hybridized carbons (Fsp3) is 0.353. The summed E-state index contributed by atoms with van der Waals surface area (Å²) in [4.78, 5) is 27.9. The predicted molar refractivity (Wildman–Crippen MR) is 100 cm³/mol. The van der Waals surface area contributed by atoms with Gasteiger partial charge in [-0.1, -0.05) is 0 Å². The van der Waals surface area contributed by atoms with Crippen LogP contribution in [-0.4, -0.2) is 50.7 Å². The molecule has 0 fully saturated rings. The van der Waals surface area contributed by atoms with Crippen LogP contribution < -0.4 is 20.7 Å². The number of nitrogens with zero attached hydrogens (tertiary/aromatic N) is 1. The van der Waals surface area contributed by atoms with Gasteiger partial charge in [0.25, 0.3) is 5.91 Å². The summed E-state index contributed by atoms with van der Waals surface area (Å²) in [6, 6.07) is 7.40. The lowest BCUT2D eigenvalue weighted by Crippen LogP contribution is -2.32. The average Bonchev–Trinajstić information content (AvgIpc) is 3.11. The Labute approximate surface area is 155 Å². The molecule has 2 rings (SSSR count). The lowest BCUT2D eigenvalue weighted by Gasteiger charge is -2.05. The van der Waals surface area contributed by atoms with Crippen LogP contribution in [0.15, 0.2) is 29.6 Å². The monoisotopic (exact) mass is 378 g/mol. The molecule has 0 unspecified atom stereocenters. The molecular formula is C17H22N4O4S. The number of ether oxygens (including phenoxy) is 2. The molecule has 9 heteroatoms. The van der Waals surface area contributed by atoms with Gasteiger partial charge in [-0.2, -0.15) is 0 Å². The molecule has 0 radical (unpaired) electrons. The minimum atomic E-state index is -0.311. The highest BCUT2D eigenvalue weighted by Gasteiger charge is 2.11. The van der Waals surface area contributed by atoms with Crippen molar-refractivity contribution in [2.24, 2.45) is 0 Å². The van der Waals surface area contributed by atoms with E-state index in [2.05, 4.69) is 20.9 Å². The van der Waals surface area contributed by atoms with Crippen LogP contribution in [0.1, 0.15) is 16.9 Å². The maximum Gasteiger partial charge on any atom is 0.270 e. The van der Waals surface area contributed by atoms with Crippen LogP contribution >= 0.6 is 11.3 Å². The normalized spacial score (nSPS) is 10.2. The minimum absolute atomic E-state index is 0.137. The second kappa shape index (κ2) is 10.4. The number of carbonyl (C=O) groups is 2. The molecule has 0 saturated heterocycles. The summed E-state index contributed by atoms with van der Waals surface area (Å²) >= 11 is 1.33. The zero-order valence-electron chi connectivity index (χ0n) is 14.7. The Morgan fingerprint density at radius 2 is 1.88 bits per heavy atom. The van der Waals surface area contributed by atoms with Crippen LogP contribution in [0.25, 0.3) is 0 Å². The summed E-state index contributed by atoms with van der Waals surface area (Å²) in [6.45, 7) is 1.16. The van der Waals surface area contributed by atoms with Crippen molar-refractivity contribution in [1.29, 1.82) is 0 Å². The van der Waals surface area contributed by atoms with Crippen LogP contribution in [0, 0.1) is 0 Å². The Kier molecular flexibility index (Phi) is 7.84. The van der Waals surface area contributed by atoms with Gasteiger partial charge in [-0.3, -0.25) is 9.59 Å². The molecule has 0 aliphatic rings. The number of hydrogen-bond donors (Lipinski definition) is 3. The molecule has 0 aliphatic carbocycles. The summed E-state index contributed by atoms with van der Waals surface area (Å²) in [7, 11) is 3.18. The number of thiazole rings is 1. The Morgan fingerprint density at radius 1 is 1.12 bits per heavy atom. The molecule has 2 amide bonds. The van der Waals surface area contributed by atoms with Gasteiger partial charge in [0.05, 0.1) is 13.7 Å². The van der Waals surface area contributed by atoms with Crippen LogP contribution in [0.3, 0.4) is 0 Å². The largest absolute Gasteiger partial charge is 0.497 e. The van der Waals surface area contributed by atoms with Crippen LogP contribution in [0.5, 0.6) is 5.75 Å². The van der Waals surface area contributed by atoms with Gasteiger partial charge in [0, 0.05) is 37.7 Å². The molecule has 1 heterocycles. The molecule has 1 aromatic carbocycles. The van der Waals surface area contributed by atoms with Gasteiger partial charge in [0.2, 0.25) is 5.91 Å². The lowest BCUT2D eigenvalue weighted by atomic mass is 10.3. The number of nitrogens with one attached hydrogen (secondary N) is 3. The summed E-state index contributed by atoms with van der Waals surface area (Å²) in [5, 5.41) is 10.8. The van der Waals surface area contributed by atoms with Gasteiger partial charge in [0.15, 0.2) is 5.13 Å². The van der Waals surface area contributed by atoms with Gasteiger partial charge in [-0.15, -0.1) is 11.3 Å². The SMILES string of the molecule is COCCNC(=O)CCNC(=O)c1csc(Nc2ccc(OC)cc2)n1. The second-order valence-corrected chi connectivity index (χ2v) is 6.10. The molecule has 26 heavy (non-hydrogen) atoms. The molecule has 3 N–H and O–H groups in total. The first-order chi connectivity index (χ1) is 12.6. The number of rotatable bonds is 10. The Hall–Kier alpha value is -2.65. The Balaban J connectivity index is 1.77. The highest BCUT2D eigenvalue weighted by atomic mass is 32.1. The van der Waals surface area contributed by atoms with Crippen LogP contribution in [-0.2, 0) is 9.53 Å². The summed E-state index contributed by atoms with van der Waals surface area (Å²) in [5.74, 6) is 0.317. The van der Waals surface area contributed by atoms with E-state index in [1.54, 1.807) is 19.6 Å². The fourth-order valence-electron chi connectivity index (χ4n) is 1.99. The predicted octanol–water partition coefficient (Wildman–Crippen LogP) is 1.78. The molecule has 1 aromatic heterocycles. The summed E-state index contributed by atoms with van der Waals surface area (Å²) in [6.07, 6.45) is 0.205. The number of benzene rings is 1. The van der Waals surface area contributed by atoms with E-state index in [-0.39, 0.29) is 24.8 Å². The van der Waals surface area contributed by atoms with E-state index in [4.69, 9.17) is 9.47 Å². The number of hydrogen-bond acceptors (Lipinski definition) is 7. The average molecular weight is 378 g/mol. The zero-order chi connectivity index (χ0) is 18.8. The van der Waals surface area contributed by atoms with Crippen molar-refractivity contribution in [3.8, 4) is 5.75 Å². The molecule has 140 valence electrons. The summed E-state index contributed by atoms with van der Waals surface area (Å²) < 4.78 is 9.95. The van der Waals surface area contributed by atoms with Crippen molar-refractivity contribution < 1.29 is 19.1 Å². The number of anilines is 2. The van der Waals surface area contributed by atoms with Crippen molar-refractivity contribution in [3.05, 3.63) is 35.3 Å². The molecule has 0 spiro atoms. The van der Waals surface area contributed by atoms with Crippen molar-refractivity contribution >= 4 is 34.0 Å². The highest BCUT2D eigenvalue weighted by molar-refractivity contribution is 7.14. The first-order valence-corrected chi connectivity index (χ1v) is 8.90. The van der Waals surface area contributed by atoms with Crippen molar-refractivity contribution in [2.45, 2.75) is 6.42 Å². The number of amides is 2. The Bertz CT molecular complexity index is 718. The van der Waals surface area contributed by atoms with Crippen LogP contribution in [0.2, 0.25) is 0 Å². The van der Waals surface area contributed by atoms with E-state index in [1.165, 1.54) is 11.3 Å². The third-order valence-electron chi connectivity index (χ3n) is 3.34. The van der Waals surface area contributed by atoms with Gasteiger partial charge >= 0.3 is 0 Å². The fourth-order valence-corrected chi connectivity index (χ4v) is 2.71. The number of aromatic nitrogens is 1. The maximum atomic E-state index is 12.1. The smallest absolute Gasteiger partial charge is 0.270 e. The first kappa shape index (κ1) is 19.7. The van der Waals surface area contributed by atoms with Gasteiger partial charge < -0.3 is 25.4 Å². The Morgan fingerprint density at radius 3 is 2.58 bits per heavy atom. The first-order valence-electron chi connectivity index (χ1n) is 8.03. The lowest BCUT2D eigenvalue weighted by molar-refractivity contribution is -0.121. The number of carbonyl (C=O) groups excluding carboxylic acids is 2. The third kappa shape index (κ3) is 6.34. The zero-order valence-corrected chi connectivity index (χ0v) is 15.5. The maximum absolute atomic E-state index is 12.1. The van der Waals surface area contributed by atoms with E-state index >= 15 is 0 Å². The molecule has 0 saturated carbocycles. The second-order valence-electron chi connectivity index (χ2n) is 5.24. The van der Waals surface area contributed by atoms with E-state index in [0.717, 1.165) is 11.4 Å². The van der Waals surface area contributed by atoms with Crippen molar-refractivity contribution in [3.63, 3.8) is 0 Å². The van der Waals surface area contributed by atoms with Crippen LogP contribution in [0.4, 0.5) is 10.8 Å². The quantitative estimate of drug-likeness (QED) is 0.545. The molecule has 8 nitrogen and oxygen atoms in total. The molecular weight excluding hydrogens is 356 g/mol. The minimum Gasteiger partial charge on any atom is -0.497 e. The highest BCUT2D eigenvalue weighted by Crippen LogP contribution is 2.22. The molecule has 0 bridgehead atoms. The molecule has 0 atom stereocenters. The van der Waals surface area contributed by atoms with Gasteiger partial charge in [0.1, 0.15) is 11.4 Å². The standard InChI is InChI=1S/C17H22N4O4S/c1-24-10-9-18-15(22)7-8-19-16(23)14-11-26-17(21-14)20-12-3-5-13(25-2)6-4-12/h3-6,11H,7-10H2,1-2H3,(H,18,22)(H,19,23)(H,20,21). The van der Waals surface area contributed by atoms with Gasteiger partial charge in [-0.25, -0.2) is 4.98 Å². The van der Waals surface area contributed by atoms with E-state index in [9.17, 15) is 9.59 Å². The topological polar surface area (TPSA) is 102 Å². The summed E-state index contributed by atoms with van der Waals surface area (Å²) in [5.41, 5.74) is 1.16.